The van der Waals surface area contributed by atoms with Gasteiger partial charge in [-0.2, -0.15) is 5.10 Å². The smallest absolute Gasteiger partial charge is 0.240 e. The van der Waals surface area contributed by atoms with Crippen LogP contribution >= 0.6 is 23.2 Å². The van der Waals surface area contributed by atoms with Crippen LogP contribution in [-0.4, -0.2) is 11.6 Å². The number of carbonyl (C=O) groups excluding carboxylic acids is 1. The maximum Gasteiger partial charge on any atom is 0.240 e. The van der Waals surface area contributed by atoms with Crippen LogP contribution in [-0.2, 0) is 4.79 Å². The quantitative estimate of drug-likeness (QED) is 0.241. The van der Waals surface area contributed by atoms with Crippen LogP contribution in [0.2, 0.25) is 10.0 Å². The van der Waals surface area contributed by atoms with E-state index < -0.39 is 0 Å². The lowest BCUT2D eigenvalue weighted by atomic mass is 10.1. The van der Waals surface area contributed by atoms with Gasteiger partial charge in [0, 0.05) is 17.0 Å². The van der Waals surface area contributed by atoms with Crippen molar-refractivity contribution in [3.63, 3.8) is 0 Å². The van der Waals surface area contributed by atoms with Crippen molar-refractivity contribution < 1.29 is 4.79 Å². The van der Waals surface area contributed by atoms with Crippen molar-refractivity contribution >= 4 is 34.8 Å². The molecular formula is C20H30Cl2N2O. The monoisotopic (exact) mass is 384 g/mol. The Morgan fingerprint density at radius 3 is 2.24 bits per heavy atom. The van der Waals surface area contributed by atoms with Crippen LogP contribution in [0.1, 0.15) is 83.6 Å². The van der Waals surface area contributed by atoms with Crippen LogP contribution in [0.5, 0.6) is 0 Å². The number of benzene rings is 1. The van der Waals surface area contributed by atoms with Crippen LogP contribution in [0.15, 0.2) is 23.3 Å². The third-order valence-electron chi connectivity index (χ3n) is 4.15. The van der Waals surface area contributed by atoms with E-state index >= 15 is 0 Å². The van der Waals surface area contributed by atoms with Crippen molar-refractivity contribution in [3.05, 3.63) is 33.8 Å². The van der Waals surface area contributed by atoms with Gasteiger partial charge in [0.15, 0.2) is 0 Å². The highest BCUT2D eigenvalue weighted by molar-refractivity contribution is 6.37. The summed E-state index contributed by atoms with van der Waals surface area (Å²) < 4.78 is 0. The number of halogens is 2. The lowest BCUT2D eigenvalue weighted by Crippen LogP contribution is -2.19. The van der Waals surface area contributed by atoms with Gasteiger partial charge in [0.1, 0.15) is 0 Å². The van der Waals surface area contributed by atoms with E-state index in [0.29, 0.717) is 22.9 Å². The Labute approximate surface area is 162 Å². The molecule has 0 heterocycles. The molecule has 0 saturated heterocycles. The summed E-state index contributed by atoms with van der Waals surface area (Å²) in [6.45, 7) is 4.21. The number of nitrogens with one attached hydrogen (secondary N) is 1. The van der Waals surface area contributed by atoms with Gasteiger partial charge in [-0.3, -0.25) is 4.79 Å². The topological polar surface area (TPSA) is 41.5 Å². The maximum atomic E-state index is 11.9. The molecule has 0 aromatic heterocycles. The van der Waals surface area contributed by atoms with Crippen molar-refractivity contribution in [2.24, 2.45) is 5.10 Å². The molecule has 1 aromatic rings. The zero-order valence-electron chi connectivity index (χ0n) is 15.4. The fraction of sp³-hybridized carbons (Fsp3) is 0.600. The van der Waals surface area contributed by atoms with Crippen molar-refractivity contribution in [2.45, 2.75) is 78.1 Å². The number of carbonyl (C=O) groups is 1. The Balaban J connectivity index is 2.32. The first kappa shape index (κ1) is 22.0. The largest absolute Gasteiger partial charge is 0.273 e. The first-order chi connectivity index (χ1) is 12.1. The van der Waals surface area contributed by atoms with Gasteiger partial charge in [-0.15, -0.1) is 0 Å². The zero-order chi connectivity index (χ0) is 18.5. The van der Waals surface area contributed by atoms with Gasteiger partial charge in [0.2, 0.25) is 5.91 Å². The molecule has 3 nitrogen and oxygen atoms in total. The average Bonchev–Trinajstić information content (AvgIpc) is 2.59. The molecule has 1 aromatic carbocycles. The Hall–Kier alpha value is -1.06. The average molecular weight is 385 g/mol. The van der Waals surface area contributed by atoms with Gasteiger partial charge in [0.25, 0.3) is 0 Å². The summed E-state index contributed by atoms with van der Waals surface area (Å²) in [4.78, 5) is 11.9. The van der Waals surface area contributed by atoms with E-state index in [1.54, 1.807) is 12.1 Å². The molecule has 1 amide bonds. The molecule has 0 spiro atoms. The van der Waals surface area contributed by atoms with Crippen LogP contribution in [0, 0.1) is 0 Å². The van der Waals surface area contributed by atoms with Crippen molar-refractivity contribution in [1.29, 1.82) is 0 Å². The fourth-order valence-corrected chi connectivity index (χ4v) is 3.18. The highest BCUT2D eigenvalue weighted by Gasteiger charge is 2.08. The number of unbranched alkanes of at least 4 members (excludes halogenated alkanes) is 7. The standard InChI is InChI=1S/C20H30Cl2N2O/c1-3-5-6-7-8-9-10-11-12-20(25)24-23-19(4-2)17-14-13-16(21)15-18(17)22/h13-15H,3-12H2,1-2H3,(H,24,25)/b23-19-. The second kappa shape index (κ2) is 13.2. The summed E-state index contributed by atoms with van der Waals surface area (Å²) >= 11 is 12.1. The molecule has 5 heteroatoms. The lowest BCUT2D eigenvalue weighted by Gasteiger charge is -2.08. The van der Waals surface area contributed by atoms with Crippen LogP contribution in [0.4, 0.5) is 0 Å². The van der Waals surface area contributed by atoms with Crippen molar-refractivity contribution in [3.8, 4) is 0 Å². The lowest BCUT2D eigenvalue weighted by molar-refractivity contribution is -0.121. The van der Waals surface area contributed by atoms with Crippen LogP contribution in [0.3, 0.4) is 0 Å². The molecule has 0 radical (unpaired) electrons. The van der Waals surface area contributed by atoms with Gasteiger partial charge in [0.05, 0.1) is 10.7 Å². The highest BCUT2D eigenvalue weighted by Crippen LogP contribution is 2.22. The zero-order valence-corrected chi connectivity index (χ0v) is 16.9. The first-order valence-electron chi connectivity index (χ1n) is 9.39. The molecular weight excluding hydrogens is 355 g/mol. The molecule has 0 unspecified atom stereocenters. The molecule has 140 valence electrons. The predicted octanol–water partition coefficient (Wildman–Crippen LogP) is 6.75. The minimum Gasteiger partial charge on any atom is -0.273 e. The highest BCUT2D eigenvalue weighted by atomic mass is 35.5. The normalized spacial score (nSPS) is 11.6. The van der Waals surface area contributed by atoms with Gasteiger partial charge in [-0.25, -0.2) is 5.43 Å². The Morgan fingerprint density at radius 2 is 1.64 bits per heavy atom. The van der Waals surface area contributed by atoms with Gasteiger partial charge in [-0.05, 0) is 25.0 Å². The predicted molar refractivity (Wildman–Crippen MR) is 109 cm³/mol. The van der Waals surface area contributed by atoms with Gasteiger partial charge in [-0.1, -0.05) is 88.1 Å². The third-order valence-corrected chi connectivity index (χ3v) is 4.70. The number of hydrogen-bond donors (Lipinski definition) is 1. The molecule has 25 heavy (non-hydrogen) atoms. The number of rotatable bonds is 12. The molecule has 1 rings (SSSR count). The molecule has 0 aliphatic carbocycles. The van der Waals surface area contributed by atoms with Crippen LogP contribution in [0.25, 0.3) is 0 Å². The molecule has 0 fully saturated rings. The maximum absolute atomic E-state index is 11.9. The summed E-state index contributed by atoms with van der Waals surface area (Å²) in [6, 6.07) is 5.29. The summed E-state index contributed by atoms with van der Waals surface area (Å²) in [5, 5.41) is 5.37. The summed E-state index contributed by atoms with van der Waals surface area (Å²) in [7, 11) is 0. The minimum atomic E-state index is -0.0398. The summed E-state index contributed by atoms with van der Waals surface area (Å²) in [5.74, 6) is -0.0398. The van der Waals surface area contributed by atoms with E-state index in [4.69, 9.17) is 23.2 Å². The SMILES string of the molecule is CCCCCCCCCCC(=O)N/N=C(/CC)c1ccc(Cl)cc1Cl. The summed E-state index contributed by atoms with van der Waals surface area (Å²) in [6.07, 6.45) is 11.0. The van der Waals surface area contributed by atoms with E-state index in [2.05, 4.69) is 17.5 Å². The number of hydrogen-bond acceptors (Lipinski definition) is 2. The van der Waals surface area contributed by atoms with Crippen LogP contribution < -0.4 is 5.43 Å². The molecule has 1 N–H and O–H groups in total. The fourth-order valence-electron chi connectivity index (χ4n) is 2.66. The molecule has 0 bridgehead atoms. The van der Waals surface area contributed by atoms with E-state index in [-0.39, 0.29) is 5.91 Å². The first-order valence-corrected chi connectivity index (χ1v) is 10.1. The van der Waals surface area contributed by atoms with E-state index in [9.17, 15) is 4.79 Å². The second-order valence-corrected chi connectivity index (χ2v) is 7.14. The van der Waals surface area contributed by atoms with E-state index in [0.717, 1.165) is 24.1 Å². The Bertz CT molecular complexity index is 559. The molecule has 0 atom stereocenters. The molecule has 0 saturated carbocycles. The number of nitrogens with zero attached hydrogens (tertiary/aromatic N) is 1. The Kier molecular flexibility index (Phi) is 11.6. The number of amides is 1. The minimum absolute atomic E-state index is 0.0398. The number of hydrazone groups is 1. The van der Waals surface area contributed by atoms with Gasteiger partial charge < -0.3 is 0 Å². The van der Waals surface area contributed by atoms with Gasteiger partial charge >= 0.3 is 0 Å². The summed E-state index contributed by atoms with van der Waals surface area (Å²) in [5.41, 5.74) is 4.21. The van der Waals surface area contributed by atoms with E-state index in [1.807, 2.05) is 13.0 Å². The van der Waals surface area contributed by atoms with Crippen molar-refractivity contribution in [2.75, 3.05) is 0 Å². The van der Waals surface area contributed by atoms with Crippen molar-refractivity contribution in [1.82, 2.24) is 5.43 Å². The third kappa shape index (κ3) is 9.27. The molecule has 0 aliphatic heterocycles. The van der Waals surface area contributed by atoms with E-state index in [1.165, 1.54) is 38.5 Å². The Morgan fingerprint density at radius 1 is 1.00 bits per heavy atom. The molecule has 0 aliphatic rings. The second-order valence-electron chi connectivity index (χ2n) is 6.30.